The van der Waals surface area contributed by atoms with Crippen molar-refractivity contribution in [1.82, 2.24) is 9.97 Å². The fraction of sp³-hybridized carbons (Fsp3) is 0.400. The Morgan fingerprint density at radius 1 is 1.56 bits per heavy atom. The zero-order chi connectivity index (χ0) is 12.1. The van der Waals surface area contributed by atoms with Crippen molar-refractivity contribution in [3.63, 3.8) is 0 Å². The first-order valence-corrected chi connectivity index (χ1v) is 4.75. The molecule has 0 spiro atoms. The van der Waals surface area contributed by atoms with E-state index < -0.39 is 5.97 Å². The number of aliphatic carboxylic acids is 1. The van der Waals surface area contributed by atoms with Crippen LogP contribution in [0.25, 0.3) is 0 Å². The zero-order valence-corrected chi connectivity index (χ0v) is 9.08. The van der Waals surface area contributed by atoms with Crippen LogP contribution in [-0.2, 0) is 4.79 Å². The van der Waals surface area contributed by atoms with Crippen LogP contribution < -0.4 is 4.90 Å². The second-order valence-electron chi connectivity index (χ2n) is 3.49. The van der Waals surface area contributed by atoms with Crippen molar-refractivity contribution >= 4 is 11.8 Å². The summed E-state index contributed by atoms with van der Waals surface area (Å²) >= 11 is 0. The molecule has 0 amide bonds. The molecule has 0 aromatic carbocycles. The van der Waals surface area contributed by atoms with Gasteiger partial charge in [-0.15, -0.1) is 0 Å². The molecule has 6 nitrogen and oxygen atoms in total. The predicted molar refractivity (Wildman–Crippen MR) is 56.9 cm³/mol. The Balaban J connectivity index is 2.93. The van der Waals surface area contributed by atoms with E-state index in [0.29, 0.717) is 5.82 Å². The van der Waals surface area contributed by atoms with E-state index >= 15 is 0 Å². The van der Waals surface area contributed by atoms with E-state index in [9.17, 15) is 4.79 Å². The van der Waals surface area contributed by atoms with Crippen LogP contribution >= 0.6 is 0 Å². The molecule has 0 fully saturated rings. The van der Waals surface area contributed by atoms with Gasteiger partial charge < -0.3 is 10.0 Å². The third kappa shape index (κ3) is 2.92. The fourth-order valence-corrected chi connectivity index (χ4v) is 1.20. The van der Waals surface area contributed by atoms with E-state index in [0.717, 1.165) is 0 Å². The minimum absolute atomic E-state index is 0.00154. The van der Waals surface area contributed by atoms with Gasteiger partial charge in [0.1, 0.15) is 18.4 Å². The third-order valence-corrected chi connectivity index (χ3v) is 1.98. The minimum Gasteiger partial charge on any atom is -0.480 e. The number of hydrogen-bond acceptors (Lipinski definition) is 5. The molecule has 84 valence electrons. The molecule has 0 bridgehead atoms. The molecular weight excluding hydrogens is 208 g/mol. The highest BCUT2D eigenvalue weighted by atomic mass is 16.4. The van der Waals surface area contributed by atoms with Gasteiger partial charge >= 0.3 is 5.97 Å². The smallest absolute Gasteiger partial charge is 0.323 e. The molecule has 0 saturated carbocycles. The summed E-state index contributed by atoms with van der Waals surface area (Å²) in [5, 5.41) is 17.3. The maximum absolute atomic E-state index is 10.7. The number of anilines is 1. The Labute approximate surface area is 93.2 Å². The number of carbonyl (C=O) groups is 1. The van der Waals surface area contributed by atoms with E-state index in [1.54, 1.807) is 4.90 Å². The summed E-state index contributed by atoms with van der Waals surface area (Å²) < 4.78 is 0. The zero-order valence-electron chi connectivity index (χ0n) is 9.08. The van der Waals surface area contributed by atoms with Crippen LogP contribution in [0.15, 0.2) is 12.4 Å². The number of carboxylic acids is 1. The monoisotopic (exact) mass is 220 g/mol. The van der Waals surface area contributed by atoms with Crippen LogP contribution in [0.2, 0.25) is 0 Å². The van der Waals surface area contributed by atoms with Crippen molar-refractivity contribution in [2.75, 3.05) is 11.4 Å². The summed E-state index contributed by atoms with van der Waals surface area (Å²) in [6, 6.07) is 1.85. The molecule has 0 aliphatic rings. The number of carboxylic acid groups (broad SMARTS) is 1. The number of nitriles is 1. The second kappa shape index (κ2) is 5.07. The average Bonchev–Trinajstić information content (AvgIpc) is 2.25. The summed E-state index contributed by atoms with van der Waals surface area (Å²) in [7, 11) is 0. The molecule has 6 heteroatoms. The third-order valence-electron chi connectivity index (χ3n) is 1.98. The van der Waals surface area contributed by atoms with Gasteiger partial charge in [-0.3, -0.25) is 4.79 Å². The summed E-state index contributed by atoms with van der Waals surface area (Å²) in [4.78, 5) is 20.1. The molecule has 1 rings (SSSR count). The highest BCUT2D eigenvalue weighted by molar-refractivity contribution is 5.73. The summed E-state index contributed by atoms with van der Waals surface area (Å²) in [6.45, 7) is 3.59. The highest BCUT2D eigenvalue weighted by Gasteiger charge is 2.15. The van der Waals surface area contributed by atoms with Crippen LogP contribution in [0.1, 0.15) is 19.5 Å². The first-order valence-electron chi connectivity index (χ1n) is 4.75. The van der Waals surface area contributed by atoms with Crippen molar-refractivity contribution in [1.29, 1.82) is 5.26 Å². The van der Waals surface area contributed by atoms with Crippen LogP contribution in [0.4, 0.5) is 5.82 Å². The van der Waals surface area contributed by atoms with Gasteiger partial charge in [0.25, 0.3) is 0 Å². The van der Waals surface area contributed by atoms with Crippen LogP contribution in [0, 0.1) is 11.3 Å². The van der Waals surface area contributed by atoms with Gasteiger partial charge in [-0.1, -0.05) is 0 Å². The van der Waals surface area contributed by atoms with Crippen LogP contribution in [-0.4, -0.2) is 33.6 Å². The highest BCUT2D eigenvalue weighted by Crippen LogP contribution is 2.11. The molecule has 16 heavy (non-hydrogen) atoms. The SMILES string of the molecule is CC(C)N(CC(=O)O)c1cnc(C#N)cn1. The molecule has 1 aromatic heterocycles. The normalized spacial score (nSPS) is 9.88. The lowest BCUT2D eigenvalue weighted by molar-refractivity contribution is -0.135. The first-order chi connectivity index (χ1) is 7.54. The van der Waals surface area contributed by atoms with Gasteiger partial charge in [-0.2, -0.15) is 5.26 Å². The topological polar surface area (TPSA) is 90.1 Å². The Hall–Kier alpha value is -2.16. The molecule has 0 unspecified atom stereocenters. The maximum Gasteiger partial charge on any atom is 0.323 e. The molecule has 0 saturated heterocycles. The average molecular weight is 220 g/mol. The van der Waals surface area contributed by atoms with Crippen molar-refractivity contribution in [2.45, 2.75) is 19.9 Å². The van der Waals surface area contributed by atoms with Gasteiger partial charge in [0.2, 0.25) is 0 Å². The van der Waals surface area contributed by atoms with Crippen LogP contribution in [0.3, 0.4) is 0 Å². The Morgan fingerprint density at radius 2 is 2.25 bits per heavy atom. The van der Waals surface area contributed by atoms with Crippen molar-refractivity contribution in [3.8, 4) is 6.07 Å². The lowest BCUT2D eigenvalue weighted by atomic mass is 10.3. The van der Waals surface area contributed by atoms with Crippen molar-refractivity contribution < 1.29 is 9.90 Å². The minimum atomic E-state index is -0.931. The lowest BCUT2D eigenvalue weighted by Crippen LogP contribution is -2.36. The van der Waals surface area contributed by atoms with E-state index in [2.05, 4.69) is 9.97 Å². The van der Waals surface area contributed by atoms with Gasteiger partial charge in [-0.05, 0) is 13.8 Å². The molecule has 1 heterocycles. The molecule has 1 aromatic rings. The molecule has 0 aliphatic heterocycles. The van der Waals surface area contributed by atoms with Gasteiger partial charge in [0.15, 0.2) is 5.69 Å². The number of nitrogens with zero attached hydrogens (tertiary/aromatic N) is 4. The van der Waals surface area contributed by atoms with Gasteiger partial charge in [0, 0.05) is 6.04 Å². The number of hydrogen-bond donors (Lipinski definition) is 1. The molecule has 0 radical (unpaired) electrons. The van der Waals surface area contributed by atoms with E-state index in [1.165, 1.54) is 12.4 Å². The standard InChI is InChI=1S/C10H12N4O2/c1-7(2)14(6-10(15)16)9-5-12-8(3-11)4-13-9/h4-5,7H,6H2,1-2H3,(H,15,16). The number of rotatable bonds is 4. The predicted octanol–water partition coefficient (Wildman–Crippen LogP) is 0.648. The first kappa shape index (κ1) is 11.9. The quantitative estimate of drug-likeness (QED) is 0.801. The number of aromatic nitrogens is 2. The Bertz CT molecular complexity index is 408. The van der Waals surface area contributed by atoms with Gasteiger partial charge in [0.05, 0.1) is 12.4 Å². The summed E-state index contributed by atoms with van der Waals surface area (Å²) in [5.41, 5.74) is 0.211. The summed E-state index contributed by atoms with van der Waals surface area (Å²) in [6.07, 6.45) is 2.73. The molecule has 0 atom stereocenters. The van der Waals surface area contributed by atoms with E-state index in [1.807, 2.05) is 19.9 Å². The second-order valence-corrected chi connectivity index (χ2v) is 3.49. The van der Waals surface area contributed by atoms with Crippen molar-refractivity contribution in [2.24, 2.45) is 0 Å². The van der Waals surface area contributed by atoms with Crippen molar-refractivity contribution in [3.05, 3.63) is 18.1 Å². The lowest BCUT2D eigenvalue weighted by Gasteiger charge is -2.25. The molecular formula is C10H12N4O2. The summed E-state index contributed by atoms with van der Waals surface area (Å²) in [5.74, 6) is -0.476. The van der Waals surface area contributed by atoms with Gasteiger partial charge in [-0.25, -0.2) is 9.97 Å². The maximum atomic E-state index is 10.7. The van der Waals surface area contributed by atoms with E-state index in [-0.39, 0.29) is 18.3 Å². The Kier molecular flexibility index (Phi) is 3.78. The van der Waals surface area contributed by atoms with Crippen LogP contribution in [0.5, 0.6) is 0 Å². The van der Waals surface area contributed by atoms with E-state index in [4.69, 9.17) is 10.4 Å². The molecule has 0 aliphatic carbocycles. The largest absolute Gasteiger partial charge is 0.480 e. The molecule has 1 N–H and O–H groups in total. The fourth-order valence-electron chi connectivity index (χ4n) is 1.20. The Morgan fingerprint density at radius 3 is 2.62 bits per heavy atom.